The van der Waals surface area contributed by atoms with Crippen molar-refractivity contribution < 1.29 is 8.81 Å². The van der Waals surface area contributed by atoms with Crippen molar-refractivity contribution in [2.45, 2.75) is 32.7 Å². The summed E-state index contributed by atoms with van der Waals surface area (Å²) >= 11 is 2.13. The Kier molecular flexibility index (Phi) is 5.60. The average Bonchev–Trinajstić information content (AvgIpc) is 2.89. The van der Waals surface area contributed by atoms with Gasteiger partial charge in [0.1, 0.15) is 17.3 Å². The van der Waals surface area contributed by atoms with Gasteiger partial charge >= 0.3 is 0 Å². The number of hydrogen-bond acceptors (Lipinski definition) is 2. The Morgan fingerprint density at radius 2 is 2.05 bits per heavy atom. The van der Waals surface area contributed by atoms with Crippen LogP contribution in [-0.2, 0) is 0 Å². The second kappa shape index (κ2) is 7.22. The molecule has 1 aromatic carbocycles. The van der Waals surface area contributed by atoms with Crippen molar-refractivity contribution in [3.8, 4) is 11.3 Å². The SMILES string of the molecule is CCCNC(CC)c1ccc(-c2ccc(F)cc2I)o1. The second-order valence-corrected chi connectivity index (χ2v) is 5.90. The van der Waals surface area contributed by atoms with Crippen LogP contribution in [0.15, 0.2) is 34.7 Å². The first-order valence-electron chi connectivity index (χ1n) is 6.94. The molecular weight excluding hydrogens is 368 g/mol. The van der Waals surface area contributed by atoms with Gasteiger partial charge in [0.2, 0.25) is 0 Å². The van der Waals surface area contributed by atoms with Gasteiger partial charge in [0.25, 0.3) is 0 Å². The van der Waals surface area contributed by atoms with E-state index in [9.17, 15) is 4.39 Å². The maximum atomic E-state index is 13.1. The third-order valence-electron chi connectivity index (χ3n) is 3.22. The van der Waals surface area contributed by atoms with Crippen LogP contribution in [0.3, 0.4) is 0 Å². The molecule has 0 bridgehead atoms. The first-order chi connectivity index (χ1) is 9.65. The van der Waals surface area contributed by atoms with Crippen LogP contribution < -0.4 is 5.32 Å². The van der Waals surface area contributed by atoms with Gasteiger partial charge in [0.15, 0.2) is 0 Å². The van der Waals surface area contributed by atoms with Crippen LogP contribution in [0.4, 0.5) is 4.39 Å². The molecule has 0 spiro atoms. The van der Waals surface area contributed by atoms with Gasteiger partial charge in [-0.2, -0.15) is 0 Å². The molecular formula is C16H19FINO. The minimum Gasteiger partial charge on any atom is -0.459 e. The van der Waals surface area contributed by atoms with Crippen molar-refractivity contribution in [2.24, 2.45) is 0 Å². The Hall–Kier alpha value is -0.880. The van der Waals surface area contributed by atoms with E-state index in [1.807, 2.05) is 12.1 Å². The molecule has 0 saturated heterocycles. The molecule has 0 saturated carbocycles. The summed E-state index contributed by atoms with van der Waals surface area (Å²) in [6.07, 6.45) is 2.08. The largest absolute Gasteiger partial charge is 0.459 e. The lowest BCUT2D eigenvalue weighted by atomic mass is 10.1. The highest BCUT2D eigenvalue weighted by Crippen LogP contribution is 2.30. The van der Waals surface area contributed by atoms with E-state index < -0.39 is 0 Å². The maximum Gasteiger partial charge on any atom is 0.135 e. The summed E-state index contributed by atoms with van der Waals surface area (Å²) in [6, 6.07) is 8.95. The molecule has 0 aliphatic carbocycles. The topological polar surface area (TPSA) is 25.2 Å². The molecule has 0 aliphatic rings. The van der Waals surface area contributed by atoms with Crippen molar-refractivity contribution in [3.63, 3.8) is 0 Å². The summed E-state index contributed by atoms with van der Waals surface area (Å²) in [7, 11) is 0. The molecule has 1 atom stereocenters. The molecule has 2 nitrogen and oxygen atoms in total. The quantitative estimate of drug-likeness (QED) is 0.695. The van der Waals surface area contributed by atoms with Gasteiger partial charge in [0.05, 0.1) is 6.04 Å². The fourth-order valence-corrected chi connectivity index (χ4v) is 2.88. The normalized spacial score (nSPS) is 12.6. The predicted molar refractivity (Wildman–Crippen MR) is 88.1 cm³/mol. The summed E-state index contributed by atoms with van der Waals surface area (Å²) in [6.45, 7) is 5.26. The van der Waals surface area contributed by atoms with Crippen LogP contribution in [-0.4, -0.2) is 6.54 Å². The Balaban J connectivity index is 2.23. The zero-order chi connectivity index (χ0) is 14.5. The first-order valence-corrected chi connectivity index (χ1v) is 8.02. The fourth-order valence-electron chi connectivity index (χ4n) is 2.14. The molecule has 0 amide bonds. The Morgan fingerprint density at radius 3 is 2.70 bits per heavy atom. The monoisotopic (exact) mass is 387 g/mol. The van der Waals surface area contributed by atoms with Gasteiger partial charge in [-0.25, -0.2) is 4.39 Å². The van der Waals surface area contributed by atoms with Gasteiger partial charge in [0, 0.05) is 9.13 Å². The molecule has 2 aromatic rings. The molecule has 1 heterocycles. The van der Waals surface area contributed by atoms with E-state index in [0.717, 1.165) is 40.0 Å². The average molecular weight is 387 g/mol. The van der Waals surface area contributed by atoms with E-state index >= 15 is 0 Å². The van der Waals surface area contributed by atoms with Crippen LogP contribution in [0.5, 0.6) is 0 Å². The molecule has 20 heavy (non-hydrogen) atoms. The van der Waals surface area contributed by atoms with Crippen LogP contribution in [0.1, 0.15) is 38.5 Å². The fraction of sp³-hybridized carbons (Fsp3) is 0.375. The number of nitrogens with one attached hydrogen (secondary N) is 1. The molecule has 108 valence electrons. The van der Waals surface area contributed by atoms with Crippen LogP contribution in [0.25, 0.3) is 11.3 Å². The van der Waals surface area contributed by atoms with E-state index in [2.05, 4.69) is 41.8 Å². The van der Waals surface area contributed by atoms with Gasteiger partial charge in [-0.05, 0) is 72.3 Å². The molecule has 1 aromatic heterocycles. The van der Waals surface area contributed by atoms with Crippen LogP contribution in [0, 0.1) is 9.39 Å². The molecule has 1 N–H and O–H groups in total. The zero-order valence-corrected chi connectivity index (χ0v) is 13.9. The highest BCUT2D eigenvalue weighted by atomic mass is 127. The van der Waals surface area contributed by atoms with E-state index in [1.54, 1.807) is 6.07 Å². The molecule has 0 fully saturated rings. The Labute approximate surface area is 132 Å². The second-order valence-electron chi connectivity index (χ2n) is 4.74. The standard InChI is InChI=1S/C16H19FINO/c1-3-9-19-14(4-2)16-8-7-15(20-16)12-6-5-11(17)10-13(12)18/h5-8,10,14,19H,3-4,9H2,1-2H3. The first kappa shape index (κ1) is 15.5. The van der Waals surface area contributed by atoms with E-state index in [-0.39, 0.29) is 11.9 Å². The lowest BCUT2D eigenvalue weighted by Crippen LogP contribution is -2.20. The number of furan rings is 1. The van der Waals surface area contributed by atoms with Gasteiger partial charge in [-0.3, -0.25) is 0 Å². The smallest absolute Gasteiger partial charge is 0.135 e. The predicted octanol–water partition coefficient (Wildman–Crippen LogP) is 5.14. The Bertz CT molecular complexity index is 567. The van der Waals surface area contributed by atoms with Crippen LogP contribution >= 0.6 is 22.6 Å². The third kappa shape index (κ3) is 3.61. The maximum absolute atomic E-state index is 13.1. The highest BCUT2D eigenvalue weighted by molar-refractivity contribution is 14.1. The van der Waals surface area contributed by atoms with E-state index in [4.69, 9.17) is 4.42 Å². The Morgan fingerprint density at radius 1 is 1.25 bits per heavy atom. The van der Waals surface area contributed by atoms with Crippen molar-refractivity contribution >= 4 is 22.6 Å². The summed E-state index contributed by atoms with van der Waals surface area (Å²) in [5, 5.41) is 3.47. The lowest BCUT2D eigenvalue weighted by Gasteiger charge is -2.13. The minimum atomic E-state index is -0.221. The van der Waals surface area contributed by atoms with E-state index in [1.165, 1.54) is 12.1 Å². The molecule has 0 aliphatic heterocycles. The summed E-state index contributed by atoms with van der Waals surface area (Å²) < 4.78 is 20.0. The summed E-state index contributed by atoms with van der Waals surface area (Å²) in [5.74, 6) is 1.51. The van der Waals surface area contributed by atoms with Gasteiger partial charge < -0.3 is 9.73 Å². The third-order valence-corrected chi connectivity index (χ3v) is 4.11. The molecule has 1 unspecified atom stereocenters. The minimum absolute atomic E-state index is 0.221. The summed E-state index contributed by atoms with van der Waals surface area (Å²) in [5.41, 5.74) is 0.934. The van der Waals surface area contributed by atoms with Crippen LogP contribution in [0.2, 0.25) is 0 Å². The summed E-state index contributed by atoms with van der Waals surface area (Å²) in [4.78, 5) is 0. The molecule has 2 rings (SSSR count). The number of halogens is 2. The van der Waals surface area contributed by atoms with Crippen molar-refractivity contribution in [2.75, 3.05) is 6.54 Å². The number of hydrogen-bond donors (Lipinski definition) is 1. The zero-order valence-electron chi connectivity index (χ0n) is 11.7. The molecule has 4 heteroatoms. The molecule has 0 radical (unpaired) electrons. The van der Waals surface area contributed by atoms with Gasteiger partial charge in [-0.15, -0.1) is 0 Å². The lowest BCUT2D eigenvalue weighted by molar-refractivity contribution is 0.411. The number of rotatable bonds is 6. The number of benzene rings is 1. The van der Waals surface area contributed by atoms with E-state index in [0.29, 0.717) is 0 Å². The van der Waals surface area contributed by atoms with Crippen molar-refractivity contribution in [3.05, 3.63) is 45.5 Å². The van der Waals surface area contributed by atoms with Gasteiger partial charge in [-0.1, -0.05) is 13.8 Å². The highest BCUT2D eigenvalue weighted by Gasteiger charge is 2.15. The van der Waals surface area contributed by atoms with Crippen molar-refractivity contribution in [1.82, 2.24) is 5.32 Å². The van der Waals surface area contributed by atoms with Crippen molar-refractivity contribution in [1.29, 1.82) is 0 Å².